The summed E-state index contributed by atoms with van der Waals surface area (Å²) >= 11 is 1.57. The number of carbonyl (C=O) groups is 1. The Morgan fingerprint density at radius 2 is 1.41 bits per heavy atom. The van der Waals surface area contributed by atoms with E-state index >= 15 is 0 Å². The summed E-state index contributed by atoms with van der Waals surface area (Å²) in [5.74, 6) is 0.00745. The van der Waals surface area contributed by atoms with Gasteiger partial charge in [0.2, 0.25) is 0 Å². The molecule has 4 aromatic rings. The van der Waals surface area contributed by atoms with E-state index in [1.165, 1.54) is 0 Å². The number of hydrogen-bond donors (Lipinski definition) is 0. The Balaban J connectivity index is 1.54. The number of fused-ring (bicyclic) bond motifs is 2. The van der Waals surface area contributed by atoms with Crippen LogP contribution in [-0.4, -0.2) is 20.0 Å². The van der Waals surface area contributed by atoms with Gasteiger partial charge in [-0.2, -0.15) is 8.42 Å². The quantitative estimate of drug-likeness (QED) is 0.201. The molecule has 3 aromatic carbocycles. The van der Waals surface area contributed by atoms with Crippen LogP contribution in [0, 0.1) is 30.6 Å². The van der Waals surface area contributed by atoms with Crippen LogP contribution in [0.3, 0.4) is 0 Å². The van der Waals surface area contributed by atoms with Crippen molar-refractivity contribution in [3.05, 3.63) is 102 Å². The molecule has 0 N–H and O–H groups in total. The second kappa shape index (κ2) is 10.2. The summed E-state index contributed by atoms with van der Waals surface area (Å²) in [5.41, 5.74) is 1.95. The number of thiophene rings is 1. The second-order valence-corrected chi connectivity index (χ2v) is 17.9. The van der Waals surface area contributed by atoms with E-state index in [2.05, 4.69) is 32.0 Å². The van der Waals surface area contributed by atoms with Crippen LogP contribution in [0.15, 0.2) is 105 Å². The van der Waals surface area contributed by atoms with Gasteiger partial charge in [0.15, 0.2) is 0 Å². The molecular formula is C34H36O4S3. The number of carbonyl (C=O) groups excluding carboxylic acids is 1. The highest BCUT2D eigenvalue weighted by Crippen LogP contribution is 2.73. The van der Waals surface area contributed by atoms with Crippen molar-refractivity contribution in [3.8, 4) is 10.4 Å². The van der Waals surface area contributed by atoms with Gasteiger partial charge < -0.3 is 0 Å². The molecule has 0 aliphatic heterocycles. The van der Waals surface area contributed by atoms with Crippen LogP contribution in [0.4, 0.5) is 0 Å². The van der Waals surface area contributed by atoms with Crippen molar-refractivity contribution in [2.45, 2.75) is 61.0 Å². The van der Waals surface area contributed by atoms with Crippen molar-refractivity contribution in [3.63, 3.8) is 0 Å². The third kappa shape index (κ3) is 4.71. The average molecular weight is 605 g/mol. The molecule has 2 atom stereocenters. The maximum absolute atomic E-state index is 14.4. The maximum atomic E-state index is 14.4. The molecule has 7 heteroatoms. The Labute approximate surface area is 249 Å². The molecular weight excluding hydrogens is 569 g/mol. The normalized spacial score (nSPS) is 22.2. The zero-order chi connectivity index (χ0) is 29.0. The van der Waals surface area contributed by atoms with Crippen molar-refractivity contribution in [2.75, 3.05) is 5.75 Å². The first-order valence-electron chi connectivity index (χ1n) is 14.1. The van der Waals surface area contributed by atoms with Gasteiger partial charge in [0.25, 0.3) is 10.1 Å². The zero-order valence-corrected chi connectivity index (χ0v) is 26.4. The predicted molar refractivity (Wildman–Crippen MR) is 168 cm³/mol. The molecule has 1 heterocycles. The van der Waals surface area contributed by atoms with Gasteiger partial charge in [0.05, 0.1) is 15.4 Å². The molecule has 4 nitrogen and oxygen atoms in total. The fourth-order valence-corrected chi connectivity index (χ4v) is 14.7. The highest BCUT2D eigenvalue weighted by atomic mass is 32.3. The van der Waals surface area contributed by atoms with Crippen molar-refractivity contribution >= 4 is 37.5 Å². The minimum Gasteiger partial charge on any atom is -0.299 e. The highest BCUT2D eigenvalue weighted by molar-refractivity contribution is 8.34. The molecule has 2 aliphatic carbocycles. The Morgan fingerprint density at radius 1 is 0.829 bits per heavy atom. The molecule has 41 heavy (non-hydrogen) atoms. The summed E-state index contributed by atoms with van der Waals surface area (Å²) in [6.07, 6.45) is 1.94. The molecule has 2 unspecified atom stereocenters. The molecule has 214 valence electrons. The zero-order valence-electron chi connectivity index (χ0n) is 23.9. The van der Waals surface area contributed by atoms with E-state index in [1.54, 1.807) is 11.3 Å². The molecule has 0 saturated heterocycles. The van der Waals surface area contributed by atoms with Crippen LogP contribution in [-0.2, 0) is 18.5 Å². The molecule has 2 bridgehead atoms. The summed E-state index contributed by atoms with van der Waals surface area (Å²) in [6.45, 7) is 8.17. The van der Waals surface area contributed by atoms with E-state index in [9.17, 15) is 13.2 Å². The average Bonchev–Trinajstić information content (AvgIpc) is 3.58. The number of aryl methyl sites for hydroxylation is 2. The van der Waals surface area contributed by atoms with Crippen LogP contribution in [0.25, 0.3) is 10.4 Å². The van der Waals surface area contributed by atoms with Crippen LogP contribution in [0.5, 0.6) is 0 Å². The standard InChI is InChI=1S/C34H36O4S3/c1-24-10-14-28(15-11-24)41(29-16-12-25(2)13-17-29,32-19-18-30(39-32)26-8-6-5-7-9-26)38-40(36,37)23-34-21-20-27(22-31(34)35)33(34,3)4/h5-19,27H,20-23H2,1-4H3. The number of benzene rings is 3. The summed E-state index contributed by atoms with van der Waals surface area (Å²) in [4.78, 5) is 16.0. The molecule has 2 aliphatic rings. The molecule has 2 fully saturated rings. The van der Waals surface area contributed by atoms with E-state index in [0.29, 0.717) is 12.8 Å². The minimum absolute atomic E-state index is 0.0692. The lowest BCUT2D eigenvalue weighted by Crippen LogP contribution is -2.42. The first-order chi connectivity index (χ1) is 19.5. The van der Waals surface area contributed by atoms with Crippen LogP contribution in [0.1, 0.15) is 44.2 Å². The molecule has 2 saturated carbocycles. The van der Waals surface area contributed by atoms with Crippen molar-refractivity contribution < 1.29 is 16.8 Å². The monoisotopic (exact) mass is 604 g/mol. The third-order valence-corrected chi connectivity index (χ3v) is 16.3. The van der Waals surface area contributed by atoms with Gasteiger partial charge in [-0.3, -0.25) is 4.79 Å². The Hall–Kier alpha value is -2.71. The summed E-state index contributed by atoms with van der Waals surface area (Å²) in [6, 6.07) is 30.2. The van der Waals surface area contributed by atoms with Crippen molar-refractivity contribution in [1.29, 1.82) is 0 Å². The lowest BCUT2D eigenvalue weighted by Gasteiger charge is -2.41. The van der Waals surface area contributed by atoms with Gasteiger partial charge >= 0.3 is 0 Å². The van der Waals surface area contributed by atoms with Gasteiger partial charge in [-0.1, -0.05) is 79.6 Å². The lowest BCUT2D eigenvalue weighted by atomic mass is 9.70. The molecule has 0 amide bonds. The molecule has 1 aromatic heterocycles. The van der Waals surface area contributed by atoms with Crippen LogP contribution < -0.4 is 0 Å². The van der Waals surface area contributed by atoms with Crippen LogP contribution >= 0.6 is 21.6 Å². The largest absolute Gasteiger partial charge is 0.299 e. The smallest absolute Gasteiger partial charge is 0.278 e. The molecule has 0 spiro atoms. The summed E-state index contributed by atoms with van der Waals surface area (Å²) in [5, 5.41) is 0. The fourth-order valence-electron chi connectivity index (χ4n) is 6.76. The number of rotatable bonds is 8. The van der Waals surface area contributed by atoms with Crippen molar-refractivity contribution in [2.24, 2.45) is 16.7 Å². The van der Waals surface area contributed by atoms with E-state index in [0.717, 1.165) is 42.0 Å². The third-order valence-electron chi connectivity index (χ3n) is 9.40. The van der Waals surface area contributed by atoms with Gasteiger partial charge in [0.1, 0.15) is 5.78 Å². The highest BCUT2D eigenvalue weighted by Gasteiger charge is 2.65. The summed E-state index contributed by atoms with van der Waals surface area (Å²) in [7, 11) is -6.88. The van der Waals surface area contributed by atoms with E-state index in [-0.39, 0.29) is 22.9 Å². The van der Waals surface area contributed by atoms with Crippen molar-refractivity contribution in [1.82, 2.24) is 0 Å². The van der Waals surface area contributed by atoms with Gasteiger partial charge in [-0.15, -0.1) is 11.3 Å². The molecule has 0 radical (unpaired) electrons. The number of ketones is 1. The second-order valence-electron chi connectivity index (χ2n) is 12.1. The lowest BCUT2D eigenvalue weighted by molar-refractivity contribution is -0.128. The van der Waals surface area contributed by atoms with Gasteiger partial charge in [-0.05, 0) is 90.3 Å². The topological polar surface area (TPSA) is 60.4 Å². The Kier molecular flexibility index (Phi) is 7.09. The van der Waals surface area contributed by atoms with E-state index in [4.69, 9.17) is 3.63 Å². The Bertz CT molecular complexity index is 1640. The van der Waals surface area contributed by atoms with Crippen LogP contribution in [0.2, 0.25) is 0 Å². The Morgan fingerprint density at radius 3 is 1.93 bits per heavy atom. The maximum Gasteiger partial charge on any atom is 0.278 e. The predicted octanol–water partition coefficient (Wildman–Crippen LogP) is 8.97. The van der Waals surface area contributed by atoms with Gasteiger partial charge in [-0.25, -0.2) is 3.63 Å². The van der Waals surface area contributed by atoms with E-state index < -0.39 is 25.8 Å². The fraction of sp³-hybridized carbons (Fsp3) is 0.324. The van der Waals surface area contributed by atoms with E-state index in [1.807, 2.05) is 86.6 Å². The number of Topliss-reactive ketones (excluding diaryl/α,β-unsaturated/α-hetero) is 1. The number of hydrogen-bond acceptors (Lipinski definition) is 5. The SMILES string of the molecule is Cc1ccc(S(OS(=O)(=O)CC23CCC(CC2=O)C3(C)C)(c2ccc(C)cc2)c2ccc(-c3ccccc3)s2)cc1. The molecule has 6 rings (SSSR count). The minimum atomic E-state index is -4.17. The van der Waals surface area contributed by atoms with Gasteiger partial charge in [0, 0.05) is 21.1 Å². The first kappa shape index (κ1) is 28.4. The summed E-state index contributed by atoms with van der Waals surface area (Å²) < 4.78 is 36.3. The first-order valence-corrected chi connectivity index (χ1v) is 18.0.